The highest BCUT2D eigenvalue weighted by Crippen LogP contribution is 2.21. The maximum atomic E-state index is 12.5. The second-order valence-electron chi connectivity index (χ2n) is 5.64. The molecule has 0 atom stereocenters. The largest absolute Gasteiger partial charge is 0.379 e. The van der Waals surface area contributed by atoms with Crippen molar-refractivity contribution < 1.29 is 17.4 Å². The predicted octanol–water partition coefficient (Wildman–Crippen LogP) is 3.51. The van der Waals surface area contributed by atoms with E-state index in [1.165, 1.54) is 55.6 Å². The number of aromatic nitrogens is 2. The first-order chi connectivity index (χ1) is 13.2. The number of hydrogen-bond donors (Lipinski definition) is 0. The molecule has 0 N–H and O–H groups in total. The minimum absolute atomic E-state index is 0.0131. The van der Waals surface area contributed by atoms with Gasteiger partial charge in [0.05, 0.1) is 16.9 Å². The van der Waals surface area contributed by atoms with E-state index < -0.39 is 15.7 Å². The first-order valence-electron chi connectivity index (χ1n) is 7.78. The van der Waals surface area contributed by atoms with Gasteiger partial charge in [0, 0.05) is 5.56 Å². The van der Waals surface area contributed by atoms with Crippen LogP contribution in [0.3, 0.4) is 0 Å². The Hall–Kier alpha value is -2.68. The van der Waals surface area contributed by atoms with Gasteiger partial charge in [0.15, 0.2) is 5.78 Å². The zero-order chi connectivity index (χ0) is 20.5. The summed E-state index contributed by atoms with van der Waals surface area (Å²) in [4.78, 5) is 23.4. The van der Waals surface area contributed by atoms with E-state index in [2.05, 4.69) is 5.10 Å². The molecule has 7 nitrogen and oxygen atoms in total. The van der Waals surface area contributed by atoms with Gasteiger partial charge in [0.2, 0.25) is 0 Å². The summed E-state index contributed by atoms with van der Waals surface area (Å²) in [5, 5.41) is 3.69. The summed E-state index contributed by atoms with van der Waals surface area (Å²) in [6, 6.07) is 11.1. The molecule has 0 aliphatic rings. The van der Waals surface area contributed by atoms with Crippen LogP contribution < -0.4 is 9.74 Å². The van der Waals surface area contributed by atoms with Crippen molar-refractivity contribution in [2.75, 3.05) is 0 Å². The Labute approximate surface area is 170 Å². The van der Waals surface area contributed by atoms with Gasteiger partial charge in [-0.1, -0.05) is 35.3 Å². The SMILES string of the molecule is CC(=O)c1cccc(OS(=O)(=O)c2ccc(-n3ncc(Cl)c(Cl)c3=O)cc2)c1. The fourth-order valence-electron chi connectivity index (χ4n) is 2.29. The van der Waals surface area contributed by atoms with Crippen molar-refractivity contribution in [1.82, 2.24) is 9.78 Å². The second-order valence-corrected chi connectivity index (χ2v) is 7.97. The van der Waals surface area contributed by atoms with Gasteiger partial charge < -0.3 is 4.18 Å². The number of carbonyl (C=O) groups is 1. The quantitative estimate of drug-likeness (QED) is 0.446. The molecule has 0 saturated heterocycles. The van der Waals surface area contributed by atoms with Gasteiger partial charge in [0.25, 0.3) is 5.56 Å². The van der Waals surface area contributed by atoms with Crippen LogP contribution in [0.15, 0.2) is 64.4 Å². The van der Waals surface area contributed by atoms with Crippen molar-refractivity contribution in [3.63, 3.8) is 0 Å². The molecule has 0 aliphatic carbocycles. The van der Waals surface area contributed by atoms with Crippen molar-refractivity contribution in [2.45, 2.75) is 11.8 Å². The van der Waals surface area contributed by atoms with E-state index in [4.69, 9.17) is 27.4 Å². The highest BCUT2D eigenvalue weighted by atomic mass is 35.5. The van der Waals surface area contributed by atoms with Crippen LogP contribution in [0, 0.1) is 0 Å². The van der Waals surface area contributed by atoms with Crippen LogP contribution >= 0.6 is 23.2 Å². The number of ketones is 1. The van der Waals surface area contributed by atoms with Gasteiger partial charge in [0.1, 0.15) is 15.7 Å². The third-order valence-corrected chi connectivity index (χ3v) is 5.70. The smallest absolute Gasteiger partial charge is 0.339 e. The second kappa shape index (κ2) is 7.75. The molecular formula is C18H12Cl2N2O5S. The summed E-state index contributed by atoms with van der Waals surface area (Å²) in [7, 11) is -4.15. The number of Topliss-reactive ketones (excluding diaryl/α,β-unsaturated/α-hetero) is 1. The fraction of sp³-hybridized carbons (Fsp3) is 0.0556. The van der Waals surface area contributed by atoms with Crippen LogP contribution in [0.2, 0.25) is 10.0 Å². The maximum absolute atomic E-state index is 12.5. The predicted molar refractivity (Wildman–Crippen MR) is 104 cm³/mol. The van der Waals surface area contributed by atoms with Crippen LogP contribution in [0.25, 0.3) is 5.69 Å². The molecule has 0 radical (unpaired) electrons. The van der Waals surface area contributed by atoms with Gasteiger partial charge in [-0.2, -0.15) is 18.2 Å². The summed E-state index contributed by atoms with van der Waals surface area (Å²) in [5.74, 6) is -0.203. The lowest BCUT2D eigenvalue weighted by Crippen LogP contribution is -2.21. The molecule has 28 heavy (non-hydrogen) atoms. The normalized spacial score (nSPS) is 11.2. The molecule has 3 rings (SSSR count). The topological polar surface area (TPSA) is 95.3 Å². The summed E-state index contributed by atoms with van der Waals surface area (Å²) in [5.41, 5.74) is -0.0173. The highest BCUT2D eigenvalue weighted by molar-refractivity contribution is 7.87. The highest BCUT2D eigenvalue weighted by Gasteiger charge is 2.18. The molecule has 2 aromatic carbocycles. The lowest BCUT2D eigenvalue weighted by atomic mass is 10.1. The van der Waals surface area contributed by atoms with Crippen LogP contribution in [0.5, 0.6) is 5.75 Å². The molecule has 3 aromatic rings. The van der Waals surface area contributed by atoms with E-state index in [0.29, 0.717) is 11.3 Å². The molecule has 144 valence electrons. The van der Waals surface area contributed by atoms with Crippen molar-refractivity contribution in [3.8, 4) is 11.4 Å². The lowest BCUT2D eigenvalue weighted by molar-refractivity contribution is 0.101. The van der Waals surface area contributed by atoms with Gasteiger partial charge >= 0.3 is 10.1 Å². The van der Waals surface area contributed by atoms with E-state index in [1.54, 1.807) is 6.07 Å². The first kappa shape index (κ1) is 20.1. The Morgan fingerprint density at radius 3 is 2.43 bits per heavy atom. The summed E-state index contributed by atoms with van der Waals surface area (Å²) >= 11 is 11.6. The number of hydrogen-bond acceptors (Lipinski definition) is 6. The minimum Gasteiger partial charge on any atom is -0.379 e. The summed E-state index contributed by atoms with van der Waals surface area (Å²) in [6.45, 7) is 1.37. The summed E-state index contributed by atoms with van der Waals surface area (Å²) < 4.78 is 31.0. The maximum Gasteiger partial charge on any atom is 0.339 e. The molecular weight excluding hydrogens is 427 g/mol. The molecule has 0 bridgehead atoms. The molecule has 0 spiro atoms. The number of halogens is 2. The Balaban J connectivity index is 1.90. The van der Waals surface area contributed by atoms with Gasteiger partial charge in [-0.15, -0.1) is 0 Å². The van der Waals surface area contributed by atoms with Gasteiger partial charge in [-0.3, -0.25) is 9.59 Å². The fourth-order valence-corrected chi connectivity index (χ4v) is 3.47. The van der Waals surface area contributed by atoms with E-state index >= 15 is 0 Å². The zero-order valence-electron chi connectivity index (χ0n) is 14.3. The van der Waals surface area contributed by atoms with Gasteiger partial charge in [-0.25, -0.2) is 0 Å². The monoisotopic (exact) mass is 438 g/mol. The van der Waals surface area contributed by atoms with E-state index in [-0.39, 0.29) is 26.5 Å². The van der Waals surface area contributed by atoms with Crippen LogP contribution in [-0.4, -0.2) is 24.0 Å². The third-order valence-electron chi connectivity index (χ3n) is 3.69. The standard InChI is InChI=1S/C18H12Cl2N2O5S/c1-11(23)12-3-2-4-14(9-12)27-28(25,26)15-7-5-13(6-8-15)22-18(24)17(20)16(19)10-21-22/h2-10H,1H3. The Kier molecular flexibility index (Phi) is 5.55. The van der Waals surface area contributed by atoms with E-state index in [9.17, 15) is 18.0 Å². The Bertz CT molecular complexity index is 1220. The third kappa shape index (κ3) is 4.09. The van der Waals surface area contributed by atoms with E-state index in [1.807, 2.05) is 0 Å². The molecule has 0 saturated carbocycles. The molecule has 0 aliphatic heterocycles. The Morgan fingerprint density at radius 1 is 1.11 bits per heavy atom. The molecule has 1 heterocycles. The molecule has 0 fully saturated rings. The lowest BCUT2D eigenvalue weighted by Gasteiger charge is -2.09. The van der Waals surface area contributed by atoms with Crippen molar-refractivity contribution in [3.05, 3.63) is 80.7 Å². The molecule has 1 aromatic heterocycles. The van der Waals surface area contributed by atoms with E-state index in [0.717, 1.165) is 4.68 Å². The number of rotatable bonds is 5. The number of nitrogens with zero attached hydrogens (tertiary/aromatic N) is 2. The number of carbonyl (C=O) groups excluding carboxylic acids is 1. The molecule has 0 unspecified atom stereocenters. The van der Waals surface area contributed by atoms with Crippen LogP contribution in [0.4, 0.5) is 0 Å². The zero-order valence-corrected chi connectivity index (χ0v) is 16.6. The van der Waals surface area contributed by atoms with Crippen molar-refractivity contribution >= 4 is 39.1 Å². The van der Waals surface area contributed by atoms with Crippen LogP contribution in [-0.2, 0) is 10.1 Å². The average Bonchev–Trinajstić information content (AvgIpc) is 2.66. The molecule has 0 amide bonds. The number of benzene rings is 2. The summed E-state index contributed by atoms with van der Waals surface area (Å²) in [6.07, 6.45) is 1.21. The minimum atomic E-state index is -4.15. The average molecular weight is 439 g/mol. The van der Waals surface area contributed by atoms with Crippen molar-refractivity contribution in [1.29, 1.82) is 0 Å². The first-order valence-corrected chi connectivity index (χ1v) is 9.95. The van der Waals surface area contributed by atoms with Crippen LogP contribution in [0.1, 0.15) is 17.3 Å². The van der Waals surface area contributed by atoms with Gasteiger partial charge in [-0.05, 0) is 43.3 Å². The molecule has 10 heteroatoms. The Morgan fingerprint density at radius 2 is 1.79 bits per heavy atom. The van der Waals surface area contributed by atoms with Crippen molar-refractivity contribution in [2.24, 2.45) is 0 Å².